The molecule has 0 atom stereocenters. The highest BCUT2D eigenvalue weighted by atomic mass is 16.1. The van der Waals surface area contributed by atoms with Gasteiger partial charge < -0.3 is 4.79 Å². The molecule has 0 amide bonds. The lowest BCUT2D eigenvalue weighted by Crippen LogP contribution is -1.75. The Hall–Kier alpha value is -0.590. The molecule has 0 rings (SSSR count). The van der Waals surface area contributed by atoms with Gasteiger partial charge in [-0.15, -0.1) is 0 Å². The van der Waals surface area contributed by atoms with Gasteiger partial charge in [0.15, 0.2) is 0 Å². The minimum Gasteiger partial charge on any atom is -0.303 e. The lowest BCUT2D eigenvalue weighted by molar-refractivity contribution is -0.107. The number of hydrogen-bond donors (Lipinski definition) is 0. The molecule has 58 valence electrons. The number of unbranched alkanes of at least 4 members (excludes halogenated alkanes) is 3. The molecular formula is C9H16O. The van der Waals surface area contributed by atoms with E-state index in [0.717, 1.165) is 38.4 Å². The number of rotatable bonds is 6. The number of carbonyl (C=O) groups is 1. The topological polar surface area (TPSA) is 17.1 Å². The zero-order valence-corrected chi connectivity index (χ0v) is 6.68. The predicted octanol–water partition coefficient (Wildman–Crippen LogP) is 2.71. The van der Waals surface area contributed by atoms with E-state index in [1.54, 1.807) is 0 Å². The summed E-state index contributed by atoms with van der Waals surface area (Å²) in [6.45, 7) is 2.13. The average Bonchev–Trinajstić information content (AvgIpc) is 1.97. The zero-order chi connectivity index (χ0) is 7.66. The molecule has 0 fully saturated rings. The van der Waals surface area contributed by atoms with Crippen LogP contribution in [0, 0.1) is 0 Å². The number of allylic oxidation sites excluding steroid dienone is 2. The van der Waals surface area contributed by atoms with Gasteiger partial charge in [-0.2, -0.15) is 0 Å². The third-order valence-corrected chi connectivity index (χ3v) is 1.35. The quantitative estimate of drug-likeness (QED) is 0.315. The van der Waals surface area contributed by atoms with Crippen molar-refractivity contribution < 1.29 is 4.79 Å². The Morgan fingerprint density at radius 3 is 2.40 bits per heavy atom. The Kier molecular flexibility index (Phi) is 7.91. The van der Waals surface area contributed by atoms with Crippen molar-refractivity contribution in [2.24, 2.45) is 0 Å². The standard InChI is InChI=1S/C9H16O/c1-2-3-4-5-6-7-8-9-10/h3-4,9H,2,5-8H2,1H3/b4-3-. The normalized spacial score (nSPS) is 10.5. The van der Waals surface area contributed by atoms with E-state index < -0.39 is 0 Å². The zero-order valence-electron chi connectivity index (χ0n) is 6.68. The van der Waals surface area contributed by atoms with Crippen molar-refractivity contribution in [2.75, 3.05) is 0 Å². The van der Waals surface area contributed by atoms with Crippen LogP contribution >= 0.6 is 0 Å². The van der Waals surface area contributed by atoms with Gasteiger partial charge in [0.05, 0.1) is 0 Å². The van der Waals surface area contributed by atoms with Crippen LogP contribution in [0.5, 0.6) is 0 Å². The van der Waals surface area contributed by atoms with E-state index in [1.807, 2.05) is 0 Å². The molecule has 0 aliphatic rings. The highest BCUT2D eigenvalue weighted by Gasteiger charge is 1.82. The minimum absolute atomic E-state index is 0.722. The Morgan fingerprint density at radius 1 is 1.10 bits per heavy atom. The predicted molar refractivity (Wildman–Crippen MR) is 44.0 cm³/mol. The van der Waals surface area contributed by atoms with Gasteiger partial charge in [0.1, 0.15) is 6.29 Å². The van der Waals surface area contributed by atoms with Crippen LogP contribution in [0.2, 0.25) is 0 Å². The first-order chi connectivity index (χ1) is 4.91. The van der Waals surface area contributed by atoms with Crippen LogP contribution in [-0.2, 0) is 4.79 Å². The Bertz CT molecular complexity index is 94.9. The maximum atomic E-state index is 9.88. The molecule has 0 aromatic carbocycles. The Labute approximate surface area is 63.1 Å². The first kappa shape index (κ1) is 9.41. The monoisotopic (exact) mass is 140 g/mol. The molecule has 0 radical (unpaired) electrons. The molecule has 0 saturated heterocycles. The summed E-state index contributed by atoms with van der Waals surface area (Å²) in [5.41, 5.74) is 0. The van der Waals surface area contributed by atoms with Crippen LogP contribution in [0.4, 0.5) is 0 Å². The van der Waals surface area contributed by atoms with Crippen molar-refractivity contribution in [1.82, 2.24) is 0 Å². The summed E-state index contributed by atoms with van der Waals surface area (Å²) in [7, 11) is 0. The van der Waals surface area contributed by atoms with Gasteiger partial charge in [-0.05, 0) is 25.7 Å². The second-order valence-electron chi connectivity index (χ2n) is 2.33. The van der Waals surface area contributed by atoms with Crippen molar-refractivity contribution >= 4 is 6.29 Å². The molecule has 1 nitrogen and oxygen atoms in total. The fraction of sp³-hybridized carbons (Fsp3) is 0.667. The third kappa shape index (κ3) is 7.41. The fourth-order valence-electron chi connectivity index (χ4n) is 0.774. The van der Waals surface area contributed by atoms with Crippen LogP contribution in [0.3, 0.4) is 0 Å². The summed E-state index contributed by atoms with van der Waals surface area (Å²) >= 11 is 0. The van der Waals surface area contributed by atoms with Crippen LogP contribution < -0.4 is 0 Å². The van der Waals surface area contributed by atoms with Crippen molar-refractivity contribution in [2.45, 2.75) is 39.0 Å². The van der Waals surface area contributed by atoms with E-state index in [2.05, 4.69) is 19.1 Å². The lowest BCUT2D eigenvalue weighted by Gasteiger charge is -1.89. The van der Waals surface area contributed by atoms with Gasteiger partial charge in [0, 0.05) is 6.42 Å². The summed E-state index contributed by atoms with van der Waals surface area (Å²) < 4.78 is 0. The SMILES string of the molecule is CC/C=C\CCCCC=O. The maximum absolute atomic E-state index is 9.88. The third-order valence-electron chi connectivity index (χ3n) is 1.35. The van der Waals surface area contributed by atoms with Crippen molar-refractivity contribution in [3.63, 3.8) is 0 Å². The molecule has 0 saturated carbocycles. The van der Waals surface area contributed by atoms with Gasteiger partial charge in [0.25, 0.3) is 0 Å². The molecule has 0 heterocycles. The van der Waals surface area contributed by atoms with E-state index in [-0.39, 0.29) is 0 Å². The average molecular weight is 140 g/mol. The first-order valence-electron chi connectivity index (χ1n) is 4.00. The minimum atomic E-state index is 0.722. The number of hydrogen-bond acceptors (Lipinski definition) is 1. The van der Waals surface area contributed by atoms with Gasteiger partial charge in [-0.25, -0.2) is 0 Å². The fourth-order valence-corrected chi connectivity index (χ4v) is 0.774. The second-order valence-corrected chi connectivity index (χ2v) is 2.33. The van der Waals surface area contributed by atoms with Gasteiger partial charge in [-0.1, -0.05) is 19.1 Å². The molecule has 0 unspecified atom stereocenters. The summed E-state index contributed by atoms with van der Waals surface area (Å²) in [6.07, 6.45) is 10.5. The van der Waals surface area contributed by atoms with E-state index in [1.165, 1.54) is 0 Å². The van der Waals surface area contributed by atoms with Crippen molar-refractivity contribution in [1.29, 1.82) is 0 Å². The van der Waals surface area contributed by atoms with Crippen LogP contribution in [-0.4, -0.2) is 6.29 Å². The molecule has 0 bridgehead atoms. The van der Waals surface area contributed by atoms with Crippen LogP contribution in [0.25, 0.3) is 0 Å². The molecule has 0 spiro atoms. The molecule has 0 aromatic heterocycles. The molecule has 0 N–H and O–H groups in total. The molecule has 0 aliphatic carbocycles. The van der Waals surface area contributed by atoms with E-state index >= 15 is 0 Å². The van der Waals surface area contributed by atoms with Gasteiger partial charge in [0.2, 0.25) is 0 Å². The highest BCUT2D eigenvalue weighted by molar-refractivity contribution is 5.48. The number of aldehydes is 1. The summed E-state index contributed by atoms with van der Waals surface area (Å²) in [4.78, 5) is 9.88. The van der Waals surface area contributed by atoms with Gasteiger partial charge in [-0.3, -0.25) is 0 Å². The largest absolute Gasteiger partial charge is 0.303 e. The molecule has 0 aliphatic heterocycles. The highest BCUT2D eigenvalue weighted by Crippen LogP contribution is 1.98. The first-order valence-corrected chi connectivity index (χ1v) is 4.00. The molecule has 0 aromatic rings. The Balaban J connectivity index is 2.89. The number of carbonyl (C=O) groups excluding carboxylic acids is 1. The summed E-state index contributed by atoms with van der Waals surface area (Å²) in [6, 6.07) is 0. The summed E-state index contributed by atoms with van der Waals surface area (Å²) in [5.74, 6) is 0. The van der Waals surface area contributed by atoms with Crippen LogP contribution in [0.1, 0.15) is 39.0 Å². The van der Waals surface area contributed by atoms with E-state index in [9.17, 15) is 4.79 Å². The van der Waals surface area contributed by atoms with Crippen molar-refractivity contribution in [3.8, 4) is 0 Å². The van der Waals surface area contributed by atoms with Gasteiger partial charge >= 0.3 is 0 Å². The maximum Gasteiger partial charge on any atom is 0.119 e. The molecule has 1 heteroatoms. The molecule has 10 heavy (non-hydrogen) atoms. The van der Waals surface area contributed by atoms with Crippen LogP contribution in [0.15, 0.2) is 12.2 Å². The van der Waals surface area contributed by atoms with E-state index in [0.29, 0.717) is 0 Å². The molecular weight excluding hydrogens is 124 g/mol. The second kappa shape index (κ2) is 8.41. The summed E-state index contributed by atoms with van der Waals surface area (Å²) in [5, 5.41) is 0. The van der Waals surface area contributed by atoms with E-state index in [4.69, 9.17) is 0 Å². The Morgan fingerprint density at radius 2 is 1.80 bits per heavy atom. The smallest absolute Gasteiger partial charge is 0.119 e. The lowest BCUT2D eigenvalue weighted by atomic mass is 10.2. The van der Waals surface area contributed by atoms with Crippen molar-refractivity contribution in [3.05, 3.63) is 12.2 Å².